The van der Waals surface area contributed by atoms with E-state index in [0.717, 1.165) is 24.3 Å². The van der Waals surface area contributed by atoms with Crippen molar-refractivity contribution in [3.05, 3.63) is 23.8 Å². The molecule has 6 nitrogen and oxygen atoms in total. The predicted molar refractivity (Wildman–Crippen MR) is 99.3 cm³/mol. The van der Waals surface area contributed by atoms with Crippen molar-refractivity contribution in [2.24, 2.45) is 0 Å². The predicted octanol–water partition coefficient (Wildman–Crippen LogP) is 2.51. The van der Waals surface area contributed by atoms with Crippen LogP contribution < -0.4 is 15.1 Å². The maximum absolute atomic E-state index is 14.9. The van der Waals surface area contributed by atoms with E-state index in [2.05, 4.69) is 5.32 Å². The molecule has 27 heavy (non-hydrogen) atoms. The van der Waals surface area contributed by atoms with Crippen LogP contribution in [-0.4, -0.2) is 54.8 Å². The molecule has 0 saturated carbocycles. The molecule has 3 saturated heterocycles. The van der Waals surface area contributed by atoms with Crippen LogP contribution >= 0.6 is 11.8 Å². The summed E-state index contributed by atoms with van der Waals surface area (Å²) in [6.07, 6.45) is 0.664. The molecule has 4 rings (SSSR count). The lowest BCUT2D eigenvalue weighted by atomic mass is 10.1. The third-order valence-corrected chi connectivity index (χ3v) is 6.51. The quantitative estimate of drug-likeness (QED) is 0.846. The second kappa shape index (κ2) is 7.18. The zero-order valence-electron chi connectivity index (χ0n) is 14.9. The summed E-state index contributed by atoms with van der Waals surface area (Å²) in [7, 11) is 0. The molecule has 1 aromatic carbocycles. The molecule has 3 unspecified atom stereocenters. The first kappa shape index (κ1) is 18.3. The van der Waals surface area contributed by atoms with Crippen LogP contribution in [0.1, 0.15) is 19.8 Å². The van der Waals surface area contributed by atoms with E-state index in [1.54, 1.807) is 0 Å². The van der Waals surface area contributed by atoms with Crippen molar-refractivity contribution in [3.63, 3.8) is 0 Å². The molecule has 3 aliphatic rings. The van der Waals surface area contributed by atoms with E-state index in [1.807, 2.05) is 16.7 Å². The van der Waals surface area contributed by atoms with Crippen molar-refractivity contribution >= 4 is 35.1 Å². The number of cyclic esters (lactones) is 1. The summed E-state index contributed by atoms with van der Waals surface area (Å²) in [5.74, 6) is 0.194. The Hall–Kier alpha value is -2.03. The molecule has 0 aromatic heterocycles. The molecular weight excluding hydrogens is 376 g/mol. The summed E-state index contributed by atoms with van der Waals surface area (Å²) >= 11 is 1.83. The molecule has 3 fully saturated rings. The largest absolute Gasteiger partial charge is 0.442 e. The van der Waals surface area contributed by atoms with Gasteiger partial charge in [0.1, 0.15) is 11.8 Å². The number of amides is 2. The molecule has 146 valence electrons. The Kier molecular flexibility index (Phi) is 4.88. The molecular formula is C18H21F2N3O3S. The fourth-order valence-corrected chi connectivity index (χ4v) is 5.38. The Labute approximate surface area is 160 Å². The van der Waals surface area contributed by atoms with Crippen LogP contribution in [0.25, 0.3) is 0 Å². The number of ether oxygens (including phenoxy) is 1. The summed E-state index contributed by atoms with van der Waals surface area (Å²) in [6, 6.07) is 2.70. The number of thioether (sulfide) groups is 1. The van der Waals surface area contributed by atoms with E-state index in [1.165, 1.54) is 24.0 Å². The molecule has 3 aliphatic heterocycles. The van der Waals surface area contributed by atoms with Crippen LogP contribution in [0.3, 0.4) is 0 Å². The Morgan fingerprint density at radius 2 is 1.89 bits per heavy atom. The van der Waals surface area contributed by atoms with Crippen LogP contribution in [-0.2, 0) is 9.53 Å². The van der Waals surface area contributed by atoms with Gasteiger partial charge in [-0.15, -0.1) is 0 Å². The number of nitrogens with one attached hydrogen (secondary N) is 1. The van der Waals surface area contributed by atoms with Crippen LogP contribution in [0, 0.1) is 11.6 Å². The number of fused-ring (bicyclic) bond motifs is 2. The fourth-order valence-electron chi connectivity index (χ4n) is 4.04. The number of carbonyl (C=O) groups excluding carboxylic acids is 2. The average Bonchev–Trinajstić information content (AvgIpc) is 3.08. The minimum absolute atomic E-state index is 0.00825. The molecule has 2 amide bonds. The van der Waals surface area contributed by atoms with Crippen molar-refractivity contribution in [1.29, 1.82) is 0 Å². The highest BCUT2D eigenvalue weighted by Gasteiger charge is 2.40. The number of carbonyl (C=O) groups is 2. The van der Waals surface area contributed by atoms with Gasteiger partial charge in [-0.25, -0.2) is 13.6 Å². The fraction of sp³-hybridized carbons (Fsp3) is 0.556. The highest BCUT2D eigenvalue weighted by molar-refractivity contribution is 7.99. The minimum atomic E-state index is -0.675. The van der Waals surface area contributed by atoms with Crippen molar-refractivity contribution < 1.29 is 23.1 Å². The van der Waals surface area contributed by atoms with Crippen molar-refractivity contribution in [2.75, 3.05) is 34.4 Å². The maximum atomic E-state index is 14.9. The lowest BCUT2D eigenvalue weighted by molar-refractivity contribution is -0.119. The number of hydrogen-bond acceptors (Lipinski definition) is 5. The Balaban J connectivity index is 1.55. The first-order valence-corrected chi connectivity index (χ1v) is 10.2. The average molecular weight is 397 g/mol. The normalized spacial score (nSPS) is 27.1. The summed E-state index contributed by atoms with van der Waals surface area (Å²) in [5, 5.41) is 2.57. The van der Waals surface area contributed by atoms with Gasteiger partial charge >= 0.3 is 6.09 Å². The van der Waals surface area contributed by atoms with Crippen LogP contribution in [0.15, 0.2) is 12.1 Å². The second-order valence-electron chi connectivity index (χ2n) is 7.14. The third kappa shape index (κ3) is 3.44. The molecule has 0 spiro atoms. The van der Waals surface area contributed by atoms with Crippen molar-refractivity contribution in [2.45, 2.75) is 38.0 Å². The van der Waals surface area contributed by atoms with E-state index >= 15 is 0 Å². The van der Waals surface area contributed by atoms with Gasteiger partial charge in [0.15, 0.2) is 11.6 Å². The second-order valence-corrected chi connectivity index (χ2v) is 8.22. The van der Waals surface area contributed by atoms with Gasteiger partial charge in [0, 0.05) is 42.6 Å². The van der Waals surface area contributed by atoms with Gasteiger partial charge in [-0.1, -0.05) is 0 Å². The zero-order chi connectivity index (χ0) is 19.1. The van der Waals surface area contributed by atoms with Gasteiger partial charge in [-0.3, -0.25) is 9.69 Å². The molecule has 1 aromatic rings. The Morgan fingerprint density at radius 3 is 2.48 bits per heavy atom. The molecule has 0 aliphatic carbocycles. The van der Waals surface area contributed by atoms with Gasteiger partial charge in [-0.2, -0.15) is 11.8 Å². The monoisotopic (exact) mass is 397 g/mol. The summed E-state index contributed by atoms with van der Waals surface area (Å²) in [6.45, 7) is 1.66. The third-order valence-electron chi connectivity index (χ3n) is 5.26. The topological polar surface area (TPSA) is 61.9 Å². The number of nitrogens with zero attached hydrogens (tertiary/aromatic N) is 2. The molecule has 3 atom stereocenters. The zero-order valence-corrected chi connectivity index (χ0v) is 15.7. The summed E-state index contributed by atoms with van der Waals surface area (Å²) in [4.78, 5) is 26.2. The smallest absolute Gasteiger partial charge is 0.414 e. The van der Waals surface area contributed by atoms with Crippen molar-refractivity contribution in [3.8, 4) is 0 Å². The van der Waals surface area contributed by atoms with Gasteiger partial charge < -0.3 is 15.0 Å². The maximum Gasteiger partial charge on any atom is 0.414 e. The van der Waals surface area contributed by atoms with E-state index in [0.29, 0.717) is 0 Å². The molecule has 3 heterocycles. The van der Waals surface area contributed by atoms with Gasteiger partial charge in [0.05, 0.1) is 18.8 Å². The van der Waals surface area contributed by atoms with E-state index < -0.39 is 23.8 Å². The highest BCUT2D eigenvalue weighted by Crippen LogP contribution is 2.41. The van der Waals surface area contributed by atoms with Crippen LogP contribution in [0.2, 0.25) is 0 Å². The number of rotatable bonds is 4. The molecule has 2 bridgehead atoms. The summed E-state index contributed by atoms with van der Waals surface area (Å²) in [5.41, 5.74) is 0.136. The van der Waals surface area contributed by atoms with Gasteiger partial charge in [0.2, 0.25) is 5.91 Å². The molecule has 0 radical (unpaired) electrons. The van der Waals surface area contributed by atoms with Gasteiger partial charge in [-0.05, 0) is 12.8 Å². The van der Waals surface area contributed by atoms with Gasteiger partial charge in [0.25, 0.3) is 0 Å². The number of hydrogen-bond donors (Lipinski definition) is 1. The molecule has 1 N–H and O–H groups in total. The SMILES string of the molecule is CC(=O)NCC1CN(c2cc(F)c(N3C4CCC3CSC4)c(F)c2)C(=O)O1. The lowest BCUT2D eigenvalue weighted by Gasteiger charge is -2.37. The standard InChI is InChI=1S/C18H21F2N3O3S/c1-10(24)21-6-14-7-22(18(25)26-14)13-4-15(19)17(16(20)5-13)23-11-2-3-12(23)9-27-8-11/h4-5,11-12,14H,2-3,6-9H2,1H3,(H,21,24). The van der Waals surface area contributed by atoms with E-state index in [9.17, 15) is 18.4 Å². The number of anilines is 2. The van der Waals surface area contributed by atoms with Crippen LogP contribution in [0.5, 0.6) is 0 Å². The molecule has 9 heteroatoms. The summed E-state index contributed by atoms with van der Waals surface area (Å²) < 4.78 is 34.9. The minimum Gasteiger partial charge on any atom is -0.442 e. The Morgan fingerprint density at radius 1 is 1.26 bits per heavy atom. The Bertz CT molecular complexity index is 739. The first-order chi connectivity index (χ1) is 12.9. The highest BCUT2D eigenvalue weighted by atomic mass is 32.2. The van der Waals surface area contributed by atoms with E-state index in [4.69, 9.17) is 4.74 Å². The first-order valence-electron chi connectivity index (χ1n) is 9.01. The number of halogens is 2. The van der Waals surface area contributed by atoms with Crippen molar-refractivity contribution in [1.82, 2.24) is 5.32 Å². The van der Waals surface area contributed by atoms with E-state index in [-0.39, 0.29) is 42.5 Å². The number of benzene rings is 1. The van der Waals surface area contributed by atoms with Crippen LogP contribution in [0.4, 0.5) is 25.0 Å². The lowest BCUT2D eigenvalue weighted by Crippen LogP contribution is -2.43.